The number of aromatic nitrogens is 2. The van der Waals surface area contributed by atoms with Gasteiger partial charge < -0.3 is 10.6 Å². The van der Waals surface area contributed by atoms with Crippen LogP contribution >= 0.6 is 11.6 Å². The monoisotopic (exact) mass is 575 g/mol. The molecule has 0 radical (unpaired) electrons. The van der Waals surface area contributed by atoms with Crippen LogP contribution in [0.1, 0.15) is 42.3 Å². The first-order valence-corrected chi connectivity index (χ1v) is 14.3. The van der Waals surface area contributed by atoms with Crippen molar-refractivity contribution < 1.29 is 13.2 Å². The number of nitrogens with one attached hydrogen (secondary N) is 3. The van der Waals surface area contributed by atoms with Crippen molar-refractivity contribution in [2.45, 2.75) is 38.1 Å². The molecule has 0 aliphatic heterocycles. The molecule has 206 valence electrons. The number of halogens is 1. The minimum absolute atomic E-state index is 0.124. The molecule has 8 nitrogen and oxygen atoms in total. The van der Waals surface area contributed by atoms with E-state index >= 15 is 0 Å². The second kappa shape index (κ2) is 12.0. The summed E-state index contributed by atoms with van der Waals surface area (Å²) in [7, 11) is -3.69. The number of ketones is 1. The van der Waals surface area contributed by atoms with E-state index in [1.807, 2.05) is 19.1 Å². The van der Waals surface area contributed by atoms with Gasteiger partial charge in [0.15, 0.2) is 5.78 Å². The van der Waals surface area contributed by atoms with Crippen LogP contribution in [0, 0.1) is 6.92 Å². The van der Waals surface area contributed by atoms with Crippen molar-refractivity contribution in [3.05, 3.63) is 107 Å². The van der Waals surface area contributed by atoms with Crippen molar-refractivity contribution >= 4 is 56.6 Å². The fourth-order valence-corrected chi connectivity index (χ4v) is 5.25. The van der Waals surface area contributed by atoms with E-state index in [2.05, 4.69) is 25.3 Å². The van der Waals surface area contributed by atoms with Gasteiger partial charge in [-0.15, -0.1) is 0 Å². The zero-order valence-corrected chi connectivity index (χ0v) is 24.1. The zero-order chi connectivity index (χ0) is 28.9. The summed E-state index contributed by atoms with van der Waals surface area (Å²) in [6, 6.07) is 20.8. The maximum Gasteiger partial charge on any atom is 0.241 e. The number of allylic oxidation sites excluding steroid dienone is 1. The Bertz CT molecular complexity index is 1650. The van der Waals surface area contributed by atoms with Gasteiger partial charge in [-0.05, 0) is 93.9 Å². The molecule has 1 aromatic heterocycles. The van der Waals surface area contributed by atoms with E-state index in [0.717, 1.165) is 11.1 Å². The Hall–Kier alpha value is -4.05. The van der Waals surface area contributed by atoms with E-state index in [1.54, 1.807) is 93.7 Å². The van der Waals surface area contributed by atoms with Crippen LogP contribution in [0.15, 0.2) is 90.0 Å². The predicted molar refractivity (Wildman–Crippen MR) is 161 cm³/mol. The number of hydrogen-bond acceptors (Lipinski definition) is 7. The molecule has 10 heteroatoms. The number of sulfonamides is 1. The smallest absolute Gasteiger partial charge is 0.241 e. The molecule has 0 fully saturated rings. The van der Waals surface area contributed by atoms with Crippen molar-refractivity contribution in [2.75, 3.05) is 10.6 Å². The molecule has 4 aromatic rings. The van der Waals surface area contributed by atoms with Crippen LogP contribution in [0.2, 0.25) is 5.02 Å². The molecular formula is C30H30ClN5O3S. The number of carbonyl (C=O) groups excluding carboxylic acids is 1. The van der Waals surface area contributed by atoms with Crippen molar-refractivity contribution in [2.24, 2.45) is 0 Å². The lowest BCUT2D eigenvalue weighted by Gasteiger charge is -2.20. The Morgan fingerprint density at radius 3 is 2.30 bits per heavy atom. The summed E-state index contributed by atoms with van der Waals surface area (Å²) in [5.41, 5.74) is 2.87. The molecule has 0 spiro atoms. The van der Waals surface area contributed by atoms with Gasteiger partial charge in [-0.1, -0.05) is 35.9 Å². The minimum atomic E-state index is -3.69. The summed E-state index contributed by atoms with van der Waals surface area (Å²) >= 11 is 5.90. The van der Waals surface area contributed by atoms with Gasteiger partial charge in [-0.2, -0.15) is 4.98 Å². The molecule has 0 aliphatic carbocycles. The van der Waals surface area contributed by atoms with E-state index in [4.69, 9.17) is 11.6 Å². The lowest BCUT2D eigenvalue weighted by molar-refractivity contribution is 0.104. The quantitative estimate of drug-likeness (QED) is 0.147. The van der Waals surface area contributed by atoms with E-state index in [0.29, 0.717) is 33.7 Å². The van der Waals surface area contributed by atoms with Crippen molar-refractivity contribution in [1.29, 1.82) is 0 Å². The molecule has 0 saturated carbocycles. The first-order valence-electron chi connectivity index (χ1n) is 12.5. The number of aryl methyl sites for hydroxylation is 1. The Morgan fingerprint density at radius 2 is 1.62 bits per heavy atom. The SMILES string of the molecule is Cc1cnc(Nc2ccc(C(=O)/C=C/c3ccc(Cl)cc3)cc2)nc1Nc1cccc(S(=O)(=O)NC(C)(C)C)c1. The standard InChI is InChI=1S/C30H30ClN5O3S/c1-20-19-32-29(35-28(20)33-25-6-5-7-26(18-25)40(38,39)36-30(2,3)4)34-24-15-11-22(12-16-24)27(37)17-10-21-8-13-23(31)14-9-21/h5-19,36H,1-4H3,(H2,32,33,34,35)/b17-10+. The van der Waals surface area contributed by atoms with E-state index in [1.165, 1.54) is 6.08 Å². The molecular weight excluding hydrogens is 546 g/mol. The lowest BCUT2D eigenvalue weighted by Crippen LogP contribution is -2.40. The highest BCUT2D eigenvalue weighted by Crippen LogP contribution is 2.24. The third-order valence-corrected chi connectivity index (χ3v) is 7.55. The lowest BCUT2D eigenvalue weighted by atomic mass is 10.1. The number of hydrogen-bond donors (Lipinski definition) is 3. The summed E-state index contributed by atoms with van der Waals surface area (Å²) in [5.74, 6) is 0.740. The minimum Gasteiger partial charge on any atom is -0.340 e. The largest absolute Gasteiger partial charge is 0.340 e. The average molecular weight is 576 g/mol. The van der Waals surface area contributed by atoms with Gasteiger partial charge in [0.1, 0.15) is 5.82 Å². The number of rotatable bonds is 9. The second-order valence-electron chi connectivity index (χ2n) is 10.2. The third kappa shape index (κ3) is 7.98. The van der Waals surface area contributed by atoms with Crippen LogP contribution in [-0.4, -0.2) is 29.7 Å². The molecule has 0 unspecified atom stereocenters. The van der Waals surface area contributed by atoms with Gasteiger partial charge in [-0.25, -0.2) is 18.1 Å². The fourth-order valence-electron chi connectivity index (χ4n) is 3.66. The molecule has 1 heterocycles. The summed E-state index contributed by atoms with van der Waals surface area (Å²) in [5, 5.41) is 6.96. The molecule has 4 rings (SSSR count). The van der Waals surface area contributed by atoms with E-state index in [-0.39, 0.29) is 10.7 Å². The highest BCUT2D eigenvalue weighted by Gasteiger charge is 2.22. The molecule has 3 N–H and O–H groups in total. The van der Waals surface area contributed by atoms with Gasteiger partial charge in [0.25, 0.3) is 0 Å². The summed E-state index contributed by atoms with van der Waals surface area (Å²) < 4.78 is 28.2. The van der Waals surface area contributed by atoms with Gasteiger partial charge >= 0.3 is 0 Å². The Balaban J connectivity index is 1.45. The zero-order valence-electron chi connectivity index (χ0n) is 22.6. The molecule has 3 aromatic carbocycles. The topological polar surface area (TPSA) is 113 Å². The highest BCUT2D eigenvalue weighted by atomic mass is 35.5. The van der Waals surface area contributed by atoms with Crippen LogP contribution in [0.5, 0.6) is 0 Å². The van der Waals surface area contributed by atoms with Gasteiger partial charge in [0.05, 0.1) is 4.90 Å². The third-order valence-electron chi connectivity index (χ3n) is 5.54. The van der Waals surface area contributed by atoms with Gasteiger partial charge in [0, 0.05) is 39.3 Å². The predicted octanol–water partition coefficient (Wildman–Crippen LogP) is 6.90. The fraction of sp³-hybridized carbons (Fsp3) is 0.167. The number of benzene rings is 3. The summed E-state index contributed by atoms with van der Waals surface area (Å²) in [6.45, 7) is 7.22. The Morgan fingerprint density at radius 1 is 0.925 bits per heavy atom. The molecule has 0 atom stereocenters. The summed E-state index contributed by atoms with van der Waals surface area (Å²) in [4.78, 5) is 21.6. The molecule has 0 saturated heterocycles. The van der Waals surface area contributed by atoms with Crippen LogP contribution in [0.3, 0.4) is 0 Å². The summed E-state index contributed by atoms with van der Waals surface area (Å²) in [6.07, 6.45) is 4.93. The highest BCUT2D eigenvalue weighted by molar-refractivity contribution is 7.89. The van der Waals surface area contributed by atoms with Crippen LogP contribution in [0.4, 0.5) is 23.1 Å². The molecule has 40 heavy (non-hydrogen) atoms. The Labute approximate surface area is 239 Å². The first kappa shape index (κ1) is 28.9. The van der Waals surface area contributed by atoms with Crippen LogP contribution < -0.4 is 15.4 Å². The van der Waals surface area contributed by atoms with Crippen LogP contribution in [0.25, 0.3) is 6.08 Å². The first-order chi connectivity index (χ1) is 18.9. The van der Waals surface area contributed by atoms with Crippen molar-refractivity contribution in [3.8, 4) is 0 Å². The maximum absolute atomic E-state index is 12.8. The second-order valence-corrected chi connectivity index (χ2v) is 12.3. The molecule has 0 bridgehead atoms. The van der Waals surface area contributed by atoms with Gasteiger partial charge in [-0.3, -0.25) is 4.79 Å². The average Bonchev–Trinajstić information content (AvgIpc) is 2.89. The van der Waals surface area contributed by atoms with Crippen LogP contribution in [-0.2, 0) is 10.0 Å². The van der Waals surface area contributed by atoms with Crippen molar-refractivity contribution in [3.63, 3.8) is 0 Å². The van der Waals surface area contributed by atoms with E-state index < -0.39 is 15.6 Å². The molecule has 0 aliphatic rings. The van der Waals surface area contributed by atoms with Gasteiger partial charge in [0.2, 0.25) is 16.0 Å². The molecule has 0 amide bonds. The number of carbonyl (C=O) groups is 1. The number of nitrogens with zero attached hydrogens (tertiary/aromatic N) is 2. The Kier molecular flexibility index (Phi) is 8.68. The maximum atomic E-state index is 12.8. The van der Waals surface area contributed by atoms with E-state index in [9.17, 15) is 13.2 Å². The number of anilines is 4. The van der Waals surface area contributed by atoms with Crippen molar-refractivity contribution in [1.82, 2.24) is 14.7 Å². The normalized spacial score (nSPS) is 11.9.